The van der Waals surface area contributed by atoms with E-state index in [4.69, 9.17) is 4.74 Å². The molecule has 0 saturated carbocycles. The van der Waals surface area contributed by atoms with Crippen molar-refractivity contribution >= 4 is 27.5 Å². The predicted octanol–water partition coefficient (Wildman–Crippen LogP) is 2.37. The Hall–Kier alpha value is -2.51. The van der Waals surface area contributed by atoms with Gasteiger partial charge in [-0.05, 0) is 18.6 Å². The monoisotopic (exact) mass is 369 g/mol. The van der Waals surface area contributed by atoms with Crippen LogP contribution in [0.4, 0.5) is 0 Å². The highest BCUT2D eigenvalue weighted by Gasteiger charge is 2.22. The molecule has 0 radical (unpaired) electrons. The summed E-state index contributed by atoms with van der Waals surface area (Å²) in [5.74, 6) is -0.0816. The molecule has 0 aliphatic carbocycles. The number of thiophene rings is 1. The Labute approximate surface area is 154 Å². The highest BCUT2D eigenvalue weighted by Crippen LogP contribution is 2.30. The number of rotatable bonds is 3. The van der Waals surface area contributed by atoms with Crippen molar-refractivity contribution in [3.63, 3.8) is 0 Å². The zero-order chi connectivity index (χ0) is 18.1. The highest BCUT2D eigenvalue weighted by atomic mass is 32.1. The summed E-state index contributed by atoms with van der Waals surface area (Å²) in [6.07, 6.45) is 1.49. The number of benzene rings is 1. The first-order valence-electron chi connectivity index (χ1n) is 8.55. The lowest BCUT2D eigenvalue weighted by Gasteiger charge is -2.31. The fourth-order valence-corrected chi connectivity index (χ4v) is 4.10. The summed E-state index contributed by atoms with van der Waals surface area (Å²) in [5.41, 5.74) is 0.878. The van der Waals surface area contributed by atoms with Gasteiger partial charge in [0.2, 0.25) is 5.91 Å². The van der Waals surface area contributed by atoms with Crippen molar-refractivity contribution in [3.8, 4) is 10.4 Å². The minimum absolute atomic E-state index is 0.00497. The molecule has 0 bridgehead atoms. The average Bonchev–Trinajstić information content (AvgIpc) is 3.10. The number of fused-ring (bicyclic) bond motifs is 1. The van der Waals surface area contributed by atoms with Crippen LogP contribution >= 0.6 is 11.3 Å². The minimum atomic E-state index is -0.178. The number of hydrogen-bond acceptors (Lipinski definition) is 5. The van der Waals surface area contributed by atoms with Crippen molar-refractivity contribution in [1.29, 1.82) is 0 Å². The third-order valence-electron chi connectivity index (χ3n) is 4.48. The standard InChI is InChI=1S/C19H19N3O3S/c1-13-10-21(7-8-25-13)17(23)11-22-12-20-18-15(19(22)24)9-16(26-18)14-5-3-2-4-6-14/h2-6,9,12-13H,7-8,10-11H2,1H3. The van der Waals surface area contributed by atoms with Gasteiger partial charge >= 0.3 is 0 Å². The molecule has 1 aliphatic heterocycles. The molecule has 0 N–H and O–H groups in total. The molecule has 0 spiro atoms. The first-order valence-corrected chi connectivity index (χ1v) is 9.37. The predicted molar refractivity (Wildman–Crippen MR) is 101 cm³/mol. The van der Waals surface area contributed by atoms with E-state index in [0.29, 0.717) is 29.9 Å². The van der Waals surface area contributed by atoms with Gasteiger partial charge in [0.25, 0.3) is 5.56 Å². The van der Waals surface area contributed by atoms with Gasteiger partial charge in [0.05, 0.1) is 24.4 Å². The molecule has 6 nitrogen and oxygen atoms in total. The smallest absolute Gasteiger partial charge is 0.262 e. The average molecular weight is 369 g/mol. The molecule has 26 heavy (non-hydrogen) atoms. The van der Waals surface area contributed by atoms with Crippen molar-refractivity contribution in [3.05, 3.63) is 53.1 Å². The van der Waals surface area contributed by atoms with Gasteiger partial charge < -0.3 is 9.64 Å². The lowest BCUT2D eigenvalue weighted by molar-refractivity contribution is -0.138. The van der Waals surface area contributed by atoms with Crippen LogP contribution in [-0.4, -0.2) is 46.2 Å². The topological polar surface area (TPSA) is 64.4 Å². The van der Waals surface area contributed by atoms with Gasteiger partial charge in [-0.3, -0.25) is 14.2 Å². The first-order chi connectivity index (χ1) is 12.6. The van der Waals surface area contributed by atoms with Crippen LogP contribution in [0.15, 0.2) is 47.5 Å². The van der Waals surface area contributed by atoms with E-state index in [0.717, 1.165) is 10.4 Å². The first kappa shape index (κ1) is 16.9. The van der Waals surface area contributed by atoms with Crippen LogP contribution < -0.4 is 5.56 Å². The van der Waals surface area contributed by atoms with Crippen LogP contribution in [-0.2, 0) is 16.1 Å². The molecule has 1 saturated heterocycles. The number of ether oxygens (including phenoxy) is 1. The molecular weight excluding hydrogens is 350 g/mol. The summed E-state index contributed by atoms with van der Waals surface area (Å²) in [5, 5.41) is 0.555. The molecule has 7 heteroatoms. The number of amides is 1. The fourth-order valence-electron chi connectivity index (χ4n) is 3.11. The second-order valence-corrected chi connectivity index (χ2v) is 7.42. The largest absolute Gasteiger partial charge is 0.375 e. The molecule has 3 heterocycles. The van der Waals surface area contributed by atoms with E-state index in [2.05, 4.69) is 4.98 Å². The normalized spacial score (nSPS) is 17.6. The third-order valence-corrected chi connectivity index (χ3v) is 5.57. The van der Waals surface area contributed by atoms with Crippen molar-refractivity contribution in [2.24, 2.45) is 0 Å². The van der Waals surface area contributed by atoms with Gasteiger partial charge in [-0.15, -0.1) is 11.3 Å². The summed E-state index contributed by atoms with van der Waals surface area (Å²) < 4.78 is 6.86. The lowest BCUT2D eigenvalue weighted by atomic mass is 10.2. The minimum Gasteiger partial charge on any atom is -0.375 e. The van der Waals surface area contributed by atoms with E-state index in [9.17, 15) is 9.59 Å². The van der Waals surface area contributed by atoms with Gasteiger partial charge in [0.1, 0.15) is 11.4 Å². The quantitative estimate of drug-likeness (QED) is 0.711. The zero-order valence-electron chi connectivity index (χ0n) is 14.4. The van der Waals surface area contributed by atoms with E-state index in [-0.39, 0.29) is 24.1 Å². The van der Waals surface area contributed by atoms with Crippen LogP contribution in [0.2, 0.25) is 0 Å². The maximum absolute atomic E-state index is 12.8. The van der Waals surface area contributed by atoms with Crippen molar-refractivity contribution in [1.82, 2.24) is 14.5 Å². The van der Waals surface area contributed by atoms with E-state index in [1.165, 1.54) is 22.2 Å². The molecular formula is C19H19N3O3S. The Kier molecular flexibility index (Phi) is 4.57. The number of carbonyl (C=O) groups is 1. The molecule has 1 aliphatic rings. The zero-order valence-corrected chi connectivity index (χ0v) is 15.2. The van der Waals surface area contributed by atoms with E-state index >= 15 is 0 Å². The van der Waals surface area contributed by atoms with Crippen molar-refractivity contribution < 1.29 is 9.53 Å². The number of carbonyl (C=O) groups excluding carboxylic acids is 1. The van der Waals surface area contributed by atoms with E-state index < -0.39 is 0 Å². The van der Waals surface area contributed by atoms with Gasteiger partial charge in [-0.25, -0.2) is 4.98 Å². The Balaban J connectivity index is 1.61. The maximum atomic E-state index is 12.8. The van der Waals surface area contributed by atoms with Gasteiger partial charge in [-0.2, -0.15) is 0 Å². The number of morpholine rings is 1. The number of nitrogens with zero attached hydrogens (tertiary/aromatic N) is 3. The van der Waals surface area contributed by atoms with Crippen LogP contribution in [0.1, 0.15) is 6.92 Å². The summed E-state index contributed by atoms with van der Waals surface area (Å²) in [7, 11) is 0. The van der Waals surface area contributed by atoms with Gasteiger partial charge in [-0.1, -0.05) is 30.3 Å². The molecule has 3 aromatic rings. The van der Waals surface area contributed by atoms with Gasteiger partial charge in [0, 0.05) is 18.0 Å². The Bertz CT molecular complexity index is 996. The van der Waals surface area contributed by atoms with E-state index in [1.807, 2.05) is 43.3 Å². The van der Waals surface area contributed by atoms with Crippen LogP contribution in [0.3, 0.4) is 0 Å². The second kappa shape index (κ2) is 7.01. The fraction of sp³-hybridized carbons (Fsp3) is 0.316. The number of hydrogen-bond donors (Lipinski definition) is 0. The van der Waals surface area contributed by atoms with Crippen LogP contribution in [0.25, 0.3) is 20.7 Å². The number of aromatic nitrogens is 2. The molecule has 4 rings (SSSR count). The van der Waals surface area contributed by atoms with Crippen LogP contribution in [0.5, 0.6) is 0 Å². The highest BCUT2D eigenvalue weighted by molar-refractivity contribution is 7.21. The SMILES string of the molecule is CC1CN(C(=O)Cn2cnc3sc(-c4ccccc4)cc3c2=O)CCO1. The summed E-state index contributed by atoms with van der Waals surface area (Å²) in [6, 6.07) is 11.8. The molecule has 1 unspecified atom stereocenters. The molecule has 1 atom stereocenters. The molecule has 1 fully saturated rings. The molecule has 134 valence electrons. The molecule has 2 aromatic heterocycles. The third kappa shape index (κ3) is 3.27. The summed E-state index contributed by atoms with van der Waals surface area (Å²) in [4.78, 5) is 33.1. The maximum Gasteiger partial charge on any atom is 0.262 e. The van der Waals surface area contributed by atoms with E-state index in [1.54, 1.807) is 4.90 Å². The Morgan fingerprint density at radius 2 is 2.15 bits per heavy atom. The Morgan fingerprint density at radius 1 is 1.35 bits per heavy atom. The van der Waals surface area contributed by atoms with Gasteiger partial charge in [0.15, 0.2) is 0 Å². The lowest BCUT2D eigenvalue weighted by Crippen LogP contribution is -2.46. The molecule has 1 amide bonds. The van der Waals surface area contributed by atoms with Crippen LogP contribution in [0, 0.1) is 0 Å². The summed E-state index contributed by atoms with van der Waals surface area (Å²) >= 11 is 1.48. The van der Waals surface area contributed by atoms with Crippen molar-refractivity contribution in [2.45, 2.75) is 19.6 Å². The van der Waals surface area contributed by atoms with Crippen molar-refractivity contribution in [2.75, 3.05) is 19.7 Å². The summed E-state index contributed by atoms with van der Waals surface area (Å²) in [6.45, 7) is 3.59. The molecule has 1 aromatic carbocycles. The second-order valence-electron chi connectivity index (χ2n) is 6.39. The Morgan fingerprint density at radius 3 is 2.92 bits per heavy atom.